The van der Waals surface area contributed by atoms with Crippen molar-refractivity contribution in [2.75, 3.05) is 26.2 Å². The summed E-state index contributed by atoms with van der Waals surface area (Å²) in [5.41, 5.74) is -0.533. The molecule has 23 heavy (non-hydrogen) atoms. The van der Waals surface area contributed by atoms with Gasteiger partial charge in [0.15, 0.2) is 0 Å². The van der Waals surface area contributed by atoms with Crippen LogP contribution in [0.3, 0.4) is 0 Å². The monoisotopic (exact) mass is 364 g/mol. The molecular formula is C13H15ClF6N2O. The summed E-state index contributed by atoms with van der Waals surface area (Å²) in [4.78, 5) is 1.11. The van der Waals surface area contributed by atoms with Crippen LogP contribution in [-0.2, 0) is 0 Å². The predicted molar refractivity (Wildman–Crippen MR) is 73.6 cm³/mol. The lowest BCUT2D eigenvalue weighted by Crippen LogP contribution is -2.49. The van der Waals surface area contributed by atoms with Gasteiger partial charge in [-0.05, 0) is 6.07 Å². The van der Waals surface area contributed by atoms with Gasteiger partial charge in [-0.15, -0.1) is 25.6 Å². The quantitative estimate of drug-likeness (QED) is 0.831. The fourth-order valence-corrected chi connectivity index (χ4v) is 2.44. The maximum absolute atomic E-state index is 13.4. The number of nitrogens with one attached hydrogen (secondary N) is 1. The number of nitrogens with zero attached hydrogens (tertiary/aromatic N) is 1. The highest BCUT2D eigenvalue weighted by molar-refractivity contribution is 5.85. The zero-order valence-electron chi connectivity index (χ0n) is 11.7. The van der Waals surface area contributed by atoms with E-state index in [1.54, 1.807) is 0 Å². The first-order valence-corrected chi connectivity index (χ1v) is 6.54. The van der Waals surface area contributed by atoms with Crippen LogP contribution in [0.25, 0.3) is 0 Å². The molecule has 1 fully saturated rings. The summed E-state index contributed by atoms with van der Waals surface area (Å²) in [7, 11) is 0. The summed E-state index contributed by atoms with van der Waals surface area (Å²) in [5.74, 6) is -0.823. The molecule has 132 valence electrons. The van der Waals surface area contributed by atoms with Crippen molar-refractivity contribution < 1.29 is 31.1 Å². The maximum atomic E-state index is 13.4. The van der Waals surface area contributed by atoms with Crippen LogP contribution in [0.2, 0.25) is 0 Å². The first kappa shape index (κ1) is 19.9. The minimum absolute atomic E-state index is 0. The van der Waals surface area contributed by atoms with E-state index in [1.165, 1.54) is 12.1 Å². The van der Waals surface area contributed by atoms with Crippen molar-refractivity contribution in [1.82, 2.24) is 10.2 Å². The van der Waals surface area contributed by atoms with E-state index in [1.807, 2.05) is 0 Å². The standard InChI is InChI=1S/C13H14F6N2O.ClH/c14-12(15,16)11(21-7-5-20-6-8-21)9-3-1-2-4-10(9)22-13(17,18)19;/h1-4,11,20H,5-8H2;1H/t11-;/m0./s1. The molecule has 1 aliphatic heterocycles. The highest BCUT2D eigenvalue weighted by Gasteiger charge is 2.47. The smallest absolute Gasteiger partial charge is 0.405 e. The minimum Gasteiger partial charge on any atom is -0.405 e. The molecular weight excluding hydrogens is 350 g/mol. The molecule has 0 bridgehead atoms. The van der Waals surface area contributed by atoms with E-state index in [2.05, 4.69) is 10.1 Å². The van der Waals surface area contributed by atoms with Gasteiger partial charge in [0.2, 0.25) is 0 Å². The Kier molecular flexibility index (Phi) is 6.55. The molecule has 0 saturated carbocycles. The number of piperazine rings is 1. The van der Waals surface area contributed by atoms with Gasteiger partial charge in [0.05, 0.1) is 0 Å². The number of rotatable bonds is 3. The topological polar surface area (TPSA) is 24.5 Å². The molecule has 0 spiro atoms. The van der Waals surface area contributed by atoms with Crippen molar-refractivity contribution in [2.45, 2.75) is 18.6 Å². The highest BCUT2D eigenvalue weighted by Crippen LogP contribution is 2.42. The second-order valence-electron chi connectivity index (χ2n) is 4.82. The Balaban J connectivity index is 0.00000264. The molecule has 1 N–H and O–H groups in total. The van der Waals surface area contributed by atoms with Crippen molar-refractivity contribution >= 4 is 12.4 Å². The Bertz CT molecular complexity index is 502. The average molecular weight is 365 g/mol. The van der Waals surface area contributed by atoms with Crippen molar-refractivity contribution in [3.63, 3.8) is 0 Å². The van der Waals surface area contributed by atoms with Crippen LogP contribution in [0.4, 0.5) is 26.3 Å². The van der Waals surface area contributed by atoms with Crippen LogP contribution in [0.5, 0.6) is 5.75 Å². The molecule has 0 aliphatic carbocycles. The molecule has 0 radical (unpaired) electrons. The third-order valence-corrected chi connectivity index (χ3v) is 3.27. The number of alkyl halides is 6. The SMILES string of the molecule is Cl.FC(F)(F)Oc1ccccc1[C@H](N1CCNCC1)C(F)(F)F. The molecule has 2 rings (SSSR count). The summed E-state index contributed by atoms with van der Waals surface area (Å²) in [6.07, 6.45) is -9.75. The summed E-state index contributed by atoms with van der Waals surface area (Å²) in [6, 6.07) is 2.24. The number of para-hydroxylation sites is 1. The Hall–Kier alpha value is -1.19. The molecule has 1 aliphatic rings. The summed E-state index contributed by atoms with van der Waals surface area (Å²) in [5, 5.41) is 2.91. The fraction of sp³-hybridized carbons (Fsp3) is 0.538. The molecule has 1 atom stereocenters. The first-order valence-electron chi connectivity index (χ1n) is 6.54. The third kappa shape index (κ3) is 5.43. The normalized spacial score (nSPS) is 18.2. The van der Waals surface area contributed by atoms with E-state index in [4.69, 9.17) is 0 Å². The minimum atomic E-state index is -5.05. The Morgan fingerprint density at radius 1 is 1.00 bits per heavy atom. The average Bonchev–Trinajstić information content (AvgIpc) is 2.39. The zero-order chi connectivity index (χ0) is 16.4. The van der Waals surface area contributed by atoms with E-state index in [-0.39, 0.29) is 25.5 Å². The van der Waals surface area contributed by atoms with Crippen LogP contribution in [0, 0.1) is 0 Å². The summed E-state index contributed by atoms with van der Waals surface area (Å²) < 4.78 is 81.2. The lowest BCUT2D eigenvalue weighted by atomic mass is 10.0. The molecule has 1 heterocycles. The van der Waals surface area contributed by atoms with Gasteiger partial charge in [-0.1, -0.05) is 18.2 Å². The van der Waals surface area contributed by atoms with Gasteiger partial charge in [0.25, 0.3) is 0 Å². The number of hydrogen-bond acceptors (Lipinski definition) is 3. The molecule has 10 heteroatoms. The van der Waals surface area contributed by atoms with E-state index < -0.39 is 29.9 Å². The van der Waals surface area contributed by atoms with Crippen molar-refractivity contribution in [3.05, 3.63) is 29.8 Å². The van der Waals surface area contributed by atoms with Gasteiger partial charge in [0, 0.05) is 31.7 Å². The second kappa shape index (κ2) is 7.59. The van der Waals surface area contributed by atoms with E-state index in [0.717, 1.165) is 17.0 Å². The van der Waals surface area contributed by atoms with Crippen molar-refractivity contribution in [1.29, 1.82) is 0 Å². The van der Waals surface area contributed by atoms with Crippen LogP contribution >= 0.6 is 12.4 Å². The zero-order valence-corrected chi connectivity index (χ0v) is 12.6. The second-order valence-corrected chi connectivity index (χ2v) is 4.82. The molecule has 1 aromatic carbocycles. The van der Waals surface area contributed by atoms with E-state index in [0.29, 0.717) is 13.1 Å². The van der Waals surface area contributed by atoms with Crippen LogP contribution in [-0.4, -0.2) is 43.6 Å². The molecule has 1 aromatic rings. The van der Waals surface area contributed by atoms with Gasteiger partial charge in [-0.2, -0.15) is 13.2 Å². The lowest BCUT2D eigenvalue weighted by Gasteiger charge is -2.36. The Labute approximate surface area is 135 Å². The van der Waals surface area contributed by atoms with Crippen molar-refractivity contribution in [2.24, 2.45) is 0 Å². The number of halogens is 7. The molecule has 1 saturated heterocycles. The number of hydrogen-bond donors (Lipinski definition) is 1. The van der Waals surface area contributed by atoms with Gasteiger partial charge < -0.3 is 10.1 Å². The predicted octanol–water partition coefficient (Wildman–Crippen LogP) is 3.52. The Morgan fingerprint density at radius 2 is 1.57 bits per heavy atom. The van der Waals surface area contributed by atoms with Gasteiger partial charge in [-0.25, -0.2) is 0 Å². The van der Waals surface area contributed by atoms with Gasteiger partial charge in [-0.3, -0.25) is 4.90 Å². The first-order chi connectivity index (χ1) is 10.2. The van der Waals surface area contributed by atoms with Crippen LogP contribution < -0.4 is 10.1 Å². The van der Waals surface area contributed by atoms with Crippen LogP contribution in [0.1, 0.15) is 11.6 Å². The molecule has 0 aromatic heterocycles. The Morgan fingerprint density at radius 3 is 2.09 bits per heavy atom. The number of benzene rings is 1. The molecule has 0 unspecified atom stereocenters. The maximum Gasteiger partial charge on any atom is 0.573 e. The number of ether oxygens (including phenoxy) is 1. The largest absolute Gasteiger partial charge is 0.573 e. The van der Waals surface area contributed by atoms with Crippen LogP contribution in [0.15, 0.2) is 24.3 Å². The van der Waals surface area contributed by atoms with E-state index in [9.17, 15) is 26.3 Å². The summed E-state index contributed by atoms with van der Waals surface area (Å²) >= 11 is 0. The third-order valence-electron chi connectivity index (χ3n) is 3.27. The lowest BCUT2D eigenvalue weighted by molar-refractivity contribution is -0.275. The van der Waals surface area contributed by atoms with Gasteiger partial charge in [0.1, 0.15) is 11.8 Å². The van der Waals surface area contributed by atoms with Crippen molar-refractivity contribution in [3.8, 4) is 5.75 Å². The fourth-order valence-electron chi connectivity index (χ4n) is 2.44. The van der Waals surface area contributed by atoms with Gasteiger partial charge >= 0.3 is 12.5 Å². The molecule has 0 amide bonds. The molecule has 3 nitrogen and oxygen atoms in total. The van der Waals surface area contributed by atoms with E-state index >= 15 is 0 Å². The highest BCUT2D eigenvalue weighted by atomic mass is 35.5. The summed E-state index contributed by atoms with van der Waals surface area (Å²) in [6.45, 7) is 0.860.